The lowest BCUT2D eigenvalue weighted by Gasteiger charge is -2.32. The molecule has 0 spiro atoms. The van der Waals surface area contributed by atoms with Crippen LogP contribution in [0.5, 0.6) is 11.5 Å². The number of alkyl halides is 3. The van der Waals surface area contributed by atoms with Crippen LogP contribution in [-0.4, -0.2) is 52.5 Å². The maximum Gasteiger partial charge on any atom is 0.433 e. The van der Waals surface area contributed by atoms with Gasteiger partial charge in [0.1, 0.15) is 5.69 Å². The summed E-state index contributed by atoms with van der Waals surface area (Å²) >= 11 is 0.834. The third-order valence-corrected chi connectivity index (χ3v) is 7.90. The van der Waals surface area contributed by atoms with Crippen LogP contribution in [0, 0.1) is 5.92 Å². The van der Waals surface area contributed by atoms with Crippen molar-refractivity contribution in [3.63, 3.8) is 0 Å². The molecule has 1 aromatic carbocycles. The largest absolute Gasteiger partial charge is 0.454 e. The number of anilines is 1. The van der Waals surface area contributed by atoms with Gasteiger partial charge in [-0.15, -0.1) is 0 Å². The Bertz CT molecular complexity index is 1560. The molecule has 14 heteroatoms. The number of pyridine rings is 1. The zero-order chi connectivity index (χ0) is 29.3. The van der Waals surface area contributed by atoms with E-state index in [2.05, 4.69) is 30.5 Å². The Hall–Kier alpha value is -4.17. The highest BCUT2D eigenvalue weighted by Crippen LogP contribution is 2.37. The highest BCUT2D eigenvalue weighted by molar-refractivity contribution is 8.18. The third-order valence-electron chi connectivity index (χ3n) is 7.09. The second kappa shape index (κ2) is 11.6. The number of nitrogens with zero attached hydrogens (tertiary/aromatic N) is 4. The zero-order valence-electron chi connectivity index (χ0n) is 22.1. The van der Waals surface area contributed by atoms with Crippen molar-refractivity contribution in [1.82, 2.24) is 25.6 Å². The first-order valence-electron chi connectivity index (χ1n) is 13.2. The van der Waals surface area contributed by atoms with Gasteiger partial charge in [-0.05, 0) is 85.1 Å². The van der Waals surface area contributed by atoms with E-state index in [4.69, 9.17) is 9.47 Å². The summed E-state index contributed by atoms with van der Waals surface area (Å²) in [5, 5.41) is 5.13. The van der Waals surface area contributed by atoms with Gasteiger partial charge in [-0.25, -0.2) is 15.0 Å². The second-order valence-corrected chi connectivity index (χ2v) is 11.0. The minimum Gasteiger partial charge on any atom is -0.454 e. The molecular formula is C28H25F3N6O4S. The van der Waals surface area contributed by atoms with Crippen molar-refractivity contribution in [3.05, 3.63) is 64.5 Å². The summed E-state index contributed by atoms with van der Waals surface area (Å²) in [6, 6.07) is 9.38. The molecule has 0 atom stereocenters. The van der Waals surface area contributed by atoms with Crippen molar-refractivity contribution in [3.8, 4) is 22.8 Å². The molecule has 0 radical (unpaired) electrons. The summed E-state index contributed by atoms with van der Waals surface area (Å²) in [5.74, 6) is 1.45. The Labute approximate surface area is 242 Å². The quantitative estimate of drug-likeness (QED) is 0.373. The highest BCUT2D eigenvalue weighted by atomic mass is 32.2. The van der Waals surface area contributed by atoms with Crippen molar-refractivity contribution in [2.45, 2.75) is 25.6 Å². The summed E-state index contributed by atoms with van der Waals surface area (Å²) in [4.78, 5) is 38.3. The average Bonchev–Trinajstić information content (AvgIpc) is 3.57. The van der Waals surface area contributed by atoms with Crippen molar-refractivity contribution >= 4 is 34.9 Å². The third kappa shape index (κ3) is 6.34. The second-order valence-electron chi connectivity index (χ2n) is 10.0. The summed E-state index contributed by atoms with van der Waals surface area (Å²) < 4.78 is 51.6. The number of halogens is 3. The Morgan fingerprint density at radius 3 is 2.64 bits per heavy atom. The molecule has 218 valence electrons. The number of piperidine rings is 1. The predicted molar refractivity (Wildman–Crippen MR) is 149 cm³/mol. The number of carbonyl (C=O) groups is 2. The van der Waals surface area contributed by atoms with Crippen LogP contribution >= 0.6 is 11.8 Å². The predicted octanol–water partition coefficient (Wildman–Crippen LogP) is 4.62. The smallest absolute Gasteiger partial charge is 0.433 e. The number of imide groups is 1. The number of carbonyl (C=O) groups excluding carboxylic acids is 2. The molecular weight excluding hydrogens is 573 g/mol. The topological polar surface area (TPSA) is 119 Å². The van der Waals surface area contributed by atoms with Crippen LogP contribution in [0.3, 0.4) is 0 Å². The molecule has 2 amide bonds. The van der Waals surface area contributed by atoms with Crippen molar-refractivity contribution < 1.29 is 32.2 Å². The Kier molecular flexibility index (Phi) is 7.73. The van der Waals surface area contributed by atoms with Gasteiger partial charge in [0, 0.05) is 31.4 Å². The number of fused-ring (bicyclic) bond motifs is 1. The highest BCUT2D eigenvalue weighted by Gasteiger charge is 2.33. The minimum atomic E-state index is -4.58. The summed E-state index contributed by atoms with van der Waals surface area (Å²) in [6.45, 7) is 2.40. The van der Waals surface area contributed by atoms with Crippen LogP contribution in [-0.2, 0) is 17.5 Å². The molecule has 0 bridgehead atoms. The summed E-state index contributed by atoms with van der Waals surface area (Å²) in [5.41, 5.74) is 0.800. The van der Waals surface area contributed by atoms with Gasteiger partial charge in [0.2, 0.25) is 12.7 Å². The van der Waals surface area contributed by atoms with Crippen molar-refractivity contribution in [2.24, 2.45) is 5.92 Å². The number of ether oxygens (including phenoxy) is 2. The molecule has 3 aliphatic heterocycles. The first-order valence-corrected chi connectivity index (χ1v) is 14.0. The molecule has 2 aromatic heterocycles. The van der Waals surface area contributed by atoms with Crippen molar-refractivity contribution in [1.29, 1.82) is 0 Å². The molecule has 2 N–H and O–H groups in total. The Morgan fingerprint density at radius 2 is 1.88 bits per heavy atom. The molecule has 5 heterocycles. The van der Waals surface area contributed by atoms with Gasteiger partial charge in [0.15, 0.2) is 11.5 Å². The summed E-state index contributed by atoms with van der Waals surface area (Å²) in [7, 11) is 0. The van der Waals surface area contributed by atoms with Crippen LogP contribution in [0.2, 0.25) is 0 Å². The van der Waals surface area contributed by atoms with E-state index in [1.807, 2.05) is 0 Å². The fourth-order valence-corrected chi connectivity index (χ4v) is 5.61. The summed E-state index contributed by atoms with van der Waals surface area (Å²) in [6.07, 6.45) is 0.295. The molecule has 0 saturated carbocycles. The van der Waals surface area contributed by atoms with Crippen LogP contribution in [0.4, 0.5) is 23.9 Å². The zero-order valence-corrected chi connectivity index (χ0v) is 22.9. The first kappa shape index (κ1) is 28.0. The van der Waals surface area contributed by atoms with Crippen molar-refractivity contribution in [2.75, 3.05) is 31.3 Å². The van der Waals surface area contributed by atoms with E-state index < -0.39 is 23.0 Å². The molecule has 2 fully saturated rings. The molecule has 10 nitrogen and oxygen atoms in total. The average molecular weight is 599 g/mol. The number of aromatic nitrogens is 3. The number of thioether (sulfide) groups is 1. The fraction of sp³-hybridized carbons (Fsp3) is 0.321. The number of rotatable bonds is 7. The molecule has 0 aliphatic carbocycles. The van der Waals surface area contributed by atoms with Gasteiger partial charge in [-0.3, -0.25) is 14.9 Å². The van der Waals surface area contributed by atoms with Crippen LogP contribution in [0.25, 0.3) is 17.3 Å². The monoisotopic (exact) mass is 598 g/mol. The lowest BCUT2D eigenvalue weighted by molar-refractivity contribution is -0.141. The van der Waals surface area contributed by atoms with Gasteiger partial charge < -0.3 is 19.7 Å². The molecule has 6 rings (SSSR count). The van der Waals surface area contributed by atoms with Crippen LogP contribution in [0.1, 0.15) is 29.8 Å². The Morgan fingerprint density at radius 1 is 1.07 bits per heavy atom. The van der Waals surface area contributed by atoms with E-state index >= 15 is 0 Å². The Balaban J connectivity index is 1.06. The number of amides is 2. The van der Waals surface area contributed by atoms with Gasteiger partial charge in [-0.2, -0.15) is 13.2 Å². The van der Waals surface area contributed by atoms with E-state index in [1.165, 1.54) is 0 Å². The number of benzene rings is 1. The molecule has 3 aromatic rings. The lowest BCUT2D eigenvalue weighted by atomic mass is 9.97. The number of nitrogens with one attached hydrogen (secondary N) is 2. The maximum absolute atomic E-state index is 13.7. The molecule has 3 aliphatic rings. The SMILES string of the molecule is O=C1NC(=O)/C(=C\c2ccnc(N3CCC(CNCc4cc(-c5ccc6c(c5)OCO6)nc(C(F)(F)F)c4)CC3)n2)S1. The van der Waals surface area contributed by atoms with E-state index in [9.17, 15) is 22.8 Å². The number of hydrogen-bond acceptors (Lipinski definition) is 10. The molecule has 42 heavy (non-hydrogen) atoms. The van der Waals surface area contributed by atoms with E-state index in [0.29, 0.717) is 59.8 Å². The van der Waals surface area contributed by atoms with Gasteiger partial charge >= 0.3 is 6.18 Å². The van der Waals surface area contributed by atoms with Gasteiger partial charge in [-0.1, -0.05) is 0 Å². The normalized spacial score (nSPS) is 18.2. The van der Waals surface area contributed by atoms with E-state index in [-0.39, 0.29) is 23.9 Å². The maximum atomic E-state index is 13.7. The van der Waals surface area contributed by atoms with Crippen LogP contribution in [0.15, 0.2) is 47.5 Å². The van der Waals surface area contributed by atoms with E-state index in [0.717, 1.165) is 30.7 Å². The van der Waals surface area contributed by atoms with Gasteiger partial charge in [0.05, 0.1) is 16.3 Å². The van der Waals surface area contributed by atoms with Gasteiger partial charge in [0.25, 0.3) is 11.1 Å². The minimum absolute atomic E-state index is 0.0724. The fourth-order valence-electron chi connectivity index (χ4n) is 4.95. The molecule has 2 saturated heterocycles. The first-order chi connectivity index (χ1) is 20.2. The van der Waals surface area contributed by atoms with E-state index in [1.54, 1.807) is 42.6 Å². The molecule has 0 unspecified atom stereocenters. The standard InChI is InChI=1S/C28H25F3N6O4S/c29-28(30,31)24-10-17(9-20(35-24)18-1-2-21-22(11-18)41-15-40-21)14-32-13-16-4-7-37(8-5-16)26-33-6-3-19(34-26)12-23-25(38)36-27(39)42-23/h1-3,6,9-12,16,32H,4-5,7-8,13-15H2,(H,36,38,39)/b23-12+. The number of hydrogen-bond donors (Lipinski definition) is 2. The lowest BCUT2D eigenvalue weighted by Crippen LogP contribution is -2.38. The van der Waals surface area contributed by atoms with Crippen LogP contribution < -0.4 is 25.0 Å².